The normalized spacial score (nSPS) is 20.6. The summed E-state index contributed by atoms with van der Waals surface area (Å²) in [5.74, 6) is 1.38. The van der Waals surface area contributed by atoms with E-state index in [2.05, 4.69) is 101 Å². The number of hydrogen-bond acceptors (Lipinski definition) is 7. The van der Waals surface area contributed by atoms with E-state index in [0.717, 1.165) is 55.6 Å². The molecule has 3 aliphatic rings. The lowest BCUT2D eigenvalue weighted by molar-refractivity contribution is -0.118. The van der Waals surface area contributed by atoms with Crippen LogP contribution in [0.25, 0.3) is 0 Å². The number of Topliss-reactive ketones (excluding diaryl/α,β-unsaturated/α-hetero) is 1. The molecule has 1 aromatic carbocycles. The number of amides is 3. The molecular formula is C45H74N6O4. The number of carbonyl (C=O) groups excluding carboxylic acids is 3. The highest BCUT2D eigenvalue weighted by Crippen LogP contribution is 2.52. The highest BCUT2D eigenvalue weighted by Gasteiger charge is 2.54. The molecule has 6 atom stereocenters. The van der Waals surface area contributed by atoms with Gasteiger partial charge in [0.25, 0.3) is 0 Å². The molecule has 0 radical (unpaired) electrons. The Hall–Kier alpha value is -3.95. The molecule has 4 rings (SSSR count). The number of alkyl carbamates (subject to hydrolysis) is 1. The van der Waals surface area contributed by atoms with Crippen LogP contribution in [0.4, 0.5) is 9.59 Å². The minimum atomic E-state index is -0.530. The number of carbonyl (C=O) groups is 3. The number of benzene rings is 1. The van der Waals surface area contributed by atoms with E-state index in [1.54, 1.807) is 0 Å². The minimum Gasteiger partial charge on any atom is -0.447 e. The summed E-state index contributed by atoms with van der Waals surface area (Å²) in [7, 11) is 0. The quantitative estimate of drug-likeness (QED) is 0.0840. The summed E-state index contributed by atoms with van der Waals surface area (Å²) in [6, 6.07) is 8.26. The Morgan fingerprint density at radius 1 is 0.945 bits per heavy atom. The first-order chi connectivity index (χ1) is 25.9. The number of likely N-dealkylation sites (tertiary alicyclic amines) is 1. The molecule has 0 bridgehead atoms. The Labute approximate surface area is 332 Å². The van der Waals surface area contributed by atoms with Gasteiger partial charge in [0.05, 0.1) is 23.8 Å². The second kappa shape index (κ2) is 20.8. The van der Waals surface area contributed by atoms with Crippen molar-refractivity contribution in [2.24, 2.45) is 34.3 Å². The molecule has 1 saturated heterocycles. The largest absolute Gasteiger partial charge is 0.447 e. The standard InChI is InChI=1S/C40H62N6O4.C5H12/c1-10-40(8,9)34(24-50-38(49)42-22-29-15-12-11-13-16-29)45-37(48)44-33(39(5,6)7)19-25(2)46-23-30-21-31(30)35(46)27(4)43-32(36(47)26(3)41)20-28-17-14-18-28;1-3-5-4-2/h11-13,15-16,28,30-35,43H,2-4,10,14,17-24,41H2,1,5-9H3,(H,42,49)(H2,44,45,48);3-5H2,1-2H3/t30-,31-,32?,33?,34?,35?;/m0./s1. The number of urea groups is 1. The number of ether oxygens (including phenoxy) is 1. The van der Waals surface area contributed by atoms with Crippen LogP contribution in [0.15, 0.2) is 67.2 Å². The molecule has 6 N–H and O–H groups in total. The predicted octanol–water partition coefficient (Wildman–Crippen LogP) is 8.56. The van der Waals surface area contributed by atoms with Gasteiger partial charge in [-0.3, -0.25) is 4.79 Å². The number of hydrogen-bond donors (Lipinski definition) is 5. The zero-order valence-electron chi connectivity index (χ0n) is 35.4. The zero-order valence-corrected chi connectivity index (χ0v) is 35.4. The average molecular weight is 763 g/mol. The van der Waals surface area contributed by atoms with Gasteiger partial charge in [-0.05, 0) is 53.4 Å². The molecule has 10 nitrogen and oxygen atoms in total. The first-order valence-corrected chi connectivity index (χ1v) is 20.8. The van der Waals surface area contributed by atoms with Crippen molar-refractivity contribution in [1.82, 2.24) is 26.2 Å². The van der Waals surface area contributed by atoms with Crippen LogP contribution in [0.2, 0.25) is 0 Å². The van der Waals surface area contributed by atoms with Crippen LogP contribution >= 0.6 is 0 Å². The Morgan fingerprint density at radius 3 is 2.11 bits per heavy atom. The third-order valence-corrected chi connectivity index (χ3v) is 12.0. The van der Waals surface area contributed by atoms with Crippen LogP contribution in [-0.2, 0) is 16.1 Å². The van der Waals surface area contributed by atoms with Gasteiger partial charge in [-0.1, -0.05) is 144 Å². The van der Waals surface area contributed by atoms with Crippen molar-refractivity contribution in [2.45, 2.75) is 150 Å². The Bertz CT molecular complexity index is 1450. The summed E-state index contributed by atoms with van der Waals surface area (Å²) in [6.45, 7) is 30.9. The van der Waals surface area contributed by atoms with Crippen LogP contribution in [0.5, 0.6) is 0 Å². The molecule has 10 heteroatoms. The number of piperidine rings is 1. The third kappa shape index (κ3) is 13.9. The maximum Gasteiger partial charge on any atom is 0.407 e. The number of rotatable bonds is 20. The number of nitrogens with two attached hydrogens (primary N) is 1. The molecule has 4 unspecified atom stereocenters. The second-order valence-electron chi connectivity index (χ2n) is 17.9. The molecule has 3 fully saturated rings. The number of unbranched alkanes of at least 4 members (excludes halogenated alkanes) is 2. The van der Waals surface area contributed by atoms with Gasteiger partial charge in [0.15, 0.2) is 5.78 Å². The Kier molecular flexibility index (Phi) is 17.2. The van der Waals surface area contributed by atoms with Crippen molar-refractivity contribution in [1.29, 1.82) is 0 Å². The average Bonchev–Trinajstić information content (AvgIpc) is 3.78. The number of fused-ring (bicyclic) bond motifs is 1. The van der Waals surface area contributed by atoms with Crippen molar-refractivity contribution >= 4 is 17.9 Å². The topological polar surface area (TPSA) is 138 Å². The maximum atomic E-state index is 13.6. The highest BCUT2D eigenvalue weighted by atomic mass is 16.5. The summed E-state index contributed by atoms with van der Waals surface area (Å²) >= 11 is 0. The van der Waals surface area contributed by atoms with Crippen molar-refractivity contribution in [3.63, 3.8) is 0 Å². The van der Waals surface area contributed by atoms with E-state index >= 15 is 0 Å². The molecule has 1 aliphatic heterocycles. The smallest absolute Gasteiger partial charge is 0.407 e. The molecule has 1 heterocycles. The van der Waals surface area contributed by atoms with E-state index in [9.17, 15) is 14.4 Å². The number of nitrogens with one attached hydrogen (secondary N) is 4. The van der Waals surface area contributed by atoms with Gasteiger partial charge in [0.1, 0.15) is 6.61 Å². The molecule has 308 valence electrons. The zero-order chi connectivity index (χ0) is 40.9. The lowest BCUT2D eigenvalue weighted by Crippen LogP contribution is -2.55. The fourth-order valence-electron chi connectivity index (χ4n) is 7.39. The van der Waals surface area contributed by atoms with Gasteiger partial charge in [0.2, 0.25) is 0 Å². The van der Waals surface area contributed by atoms with Crippen molar-refractivity contribution in [3.05, 3.63) is 72.7 Å². The van der Waals surface area contributed by atoms with Crippen molar-refractivity contribution in [2.75, 3.05) is 13.2 Å². The van der Waals surface area contributed by atoms with Crippen LogP contribution in [0, 0.1) is 28.6 Å². The summed E-state index contributed by atoms with van der Waals surface area (Å²) in [4.78, 5) is 41.5. The van der Waals surface area contributed by atoms with Crippen LogP contribution in [0.1, 0.15) is 125 Å². The molecule has 0 spiro atoms. The van der Waals surface area contributed by atoms with Gasteiger partial charge >= 0.3 is 12.1 Å². The van der Waals surface area contributed by atoms with E-state index < -0.39 is 18.2 Å². The van der Waals surface area contributed by atoms with Crippen LogP contribution < -0.4 is 27.0 Å². The molecule has 55 heavy (non-hydrogen) atoms. The van der Waals surface area contributed by atoms with E-state index in [1.807, 2.05) is 30.3 Å². The maximum absolute atomic E-state index is 13.6. The van der Waals surface area contributed by atoms with Gasteiger partial charge in [0, 0.05) is 36.9 Å². The SMILES string of the molecule is C=C(N)C(=O)C(CC1CCC1)NC(=C)C1[C@H]2C[C@H]2CN1C(=C)CC(NC(=O)NC(COC(=O)NCc1ccccc1)C(C)(C)CC)C(C)(C)C.CCCCC. The van der Waals surface area contributed by atoms with E-state index in [1.165, 1.54) is 25.7 Å². The molecule has 3 amide bonds. The summed E-state index contributed by atoms with van der Waals surface area (Å²) < 4.78 is 5.59. The second-order valence-corrected chi connectivity index (χ2v) is 17.9. The van der Waals surface area contributed by atoms with Crippen LogP contribution in [0.3, 0.4) is 0 Å². The fourth-order valence-corrected chi connectivity index (χ4v) is 7.39. The molecule has 2 saturated carbocycles. The minimum absolute atomic E-state index is 0.0181. The number of nitrogens with zero attached hydrogens (tertiary/aromatic N) is 1. The molecular weight excluding hydrogens is 689 g/mol. The van der Waals surface area contributed by atoms with Gasteiger partial charge in [-0.25, -0.2) is 9.59 Å². The first-order valence-electron chi connectivity index (χ1n) is 20.8. The summed E-state index contributed by atoms with van der Waals surface area (Å²) in [6.07, 6.45) is 10.2. The van der Waals surface area contributed by atoms with Crippen molar-refractivity contribution in [3.8, 4) is 0 Å². The molecule has 0 aromatic heterocycles. The number of ketones is 1. The van der Waals surface area contributed by atoms with Gasteiger partial charge < -0.3 is 36.6 Å². The summed E-state index contributed by atoms with van der Waals surface area (Å²) in [5, 5.41) is 12.6. The lowest BCUT2D eigenvalue weighted by Gasteiger charge is -2.39. The Morgan fingerprint density at radius 2 is 1.58 bits per heavy atom. The molecule has 2 aliphatic carbocycles. The fraction of sp³-hybridized carbons (Fsp3) is 0.667. The van der Waals surface area contributed by atoms with E-state index in [-0.39, 0.29) is 47.0 Å². The predicted molar refractivity (Wildman–Crippen MR) is 225 cm³/mol. The molecule has 1 aromatic rings. The van der Waals surface area contributed by atoms with Crippen molar-refractivity contribution < 1.29 is 19.1 Å². The monoisotopic (exact) mass is 763 g/mol. The van der Waals surface area contributed by atoms with Crippen LogP contribution in [-0.4, -0.2) is 60.1 Å². The Balaban J connectivity index is 0.00000152. The highest BCUT2D eigenvalue weighted by molar-refractivity contribution is 5.98. The lowest BCUT2D eigenvalue weighted by atomic mass is 9.80. The third-order valence-electron chi connectivity index (χ3n) is 12.0. The summed E-state index contributed by atoms with van der Waals surface area (Å²) in [5.41, 5.74) is 8.06. The van der Waals surface area contributed by atoms with Gasteiger partial charge in [-0.2, -0.15) is 0 Å². The van der Waals surface area contributed by atoms with E-state index in [4.69, 9.17) is 10.5 Å². The van der Waals surface area contributed by atoms with Gasteiger partial charge in [-0.15, -0.1) is 0 Å². The van der Waals surface area contributed by atoms with E-state index in [0.29, 0.717) is 30.7 Å². The first kappa shape index (κ1) is 45.4.